The molecule has 6 heteroatoms. The third-order valence-corrected chi connectivity index (χ3v) is 4.39. The summed E-state index contributed by atoms with van der Waals surface area (Å²) in [6, 6.07) is 9.83. The minimum absolute atomic E-state index is 0.202. The number of carbonyl (C=O) groups is 1. The number of hydrogen-bond donors (Lipinski definition) is 2. The number of benzene rings is 1. The van der Waals surface area contributed by atoms with Gasteiger partial charge in [0.25, 0.3) is 5.91 Å². The van der Waals surface area contributed by atoms with E-state index >= 15 is 0 Å². The van der Waals surface area contributed by atoms with Crippen molar-refractivity contribution in [3.63, 3.8) is 0 Å². The lowest BCUT2D eigenvalue weighted by atomic mass is 10.1. The van der Waals surface area contributed by atoms with Crippen molar-refractivity contribution < 1.29 is 4.79 Å². The van der Waals surface area contributed by atoms with Crippen molar-refractivity contribution in [1.29, 1.82) is 0 Å². The predicted molar refractivity (Wildman–Crippen MR) is 96.4 cm³/mol. The van der Waals surface area contributed by atoms with Gasteiger partial charge in [0.05, 0.1) is 17.1 Å². The van der Waals surface area contributed by atoms with Gasteiger partial charge in [-0.15, -0.1) is 0 Å². The lowest BCUT2D eigenvalue weighted by Crippen LogP contribution is -2.17. The van der Waals surface area contributed by atoms with E-state index in [4.69, 9.17) is 0 Å². The minimum atomic E-state index is -0.217. The van der Waals surface area contributed by atoms with Crippen LogP contribution in [0.4, 0.5) is 5.69 Å². The van der Waals surface area contributed by atoms with E-state index in [0.29, 0.717) is 5.56 Å². The first-order valence-corrected chi connectivity index (χ1v) is 8.43. The van der Waals surface area contributed by atoms with Crippen molar-refractivity contribution in [2.45, 2.75) is 25.8 Å². The molecule has 1 aliphatic rings. The molecule has 0 radical (unpaired) electrons. The maximum atomic E-state index is 12.4. The van der Waals surface area contributed by atoms with E-state index in [-0.39, 0.29) is 11.9 Å². The molecule has 2 aromatic heterocycles. The summed E-state index contributed by atoms with van der Waals surface area (Å²) in [5.74, 6) is 0.534. The minimum Gasteiger partial charge on any atom is -0.322 e. The molecule has 3 heterocycles. The third-order valence-electron chi connectivity index (χ3n) is 4.39. The van der Waals surface area contributed by atoms with E-state index in [0.717, 1.165) is 47.5 Å². The lowest BCUT2D eigenvalue weighted by Gasteiger charge is -2.09. The Bertz CT molecular complexity index is 917. The van der Waals surface area contributed by atoms with Crippen LogP contribution < -0.4 is 10.6 Å². The summed E-state index contributed by atoms with van der Waals surface area (Å²) in [6.07, 6.45) is 5.34. The number of pyridine rings is 1. The standard InChI is InChI=1S/C19H19N5O/c1-12-4-5-13-9-15(6-7-16(13)23-12)24-19(25)14-10-21-18(22-11-14)17-3-2-8-20-17/h4-7,9-11,17,20H,2-3,8H2,1H3,(H,24,25). The van der Waals surface area contributed by atoms with Gasteiger partial charge in [0.15, 0.2) is 0 Å². The van der Waals surface area contributed by atoms with Crippen molar-refractivity contribution >= 4 is 22.5 Å². The van der Waals surface area contributed by atoms with Crippen LogP contribution >= 0.6 is 0 Å². The number of aromatic nitrogens is 3. The van der Waals surface area contributed by atoms with Gasteiger partial charge in [-0.1, -0.05) is 6.07 Å². The van der Waals surface area contributed by atoms with E-state index in [9.17, 15) is 4.79 Å². The number of carbonyl (C=O) groups excluding carboxylic acids is 1. The van der Waals surface area contributed by atoms with Crippen molar-refractivity contribution in [3.8, 4) is 0 Å². The molecule has 2 N–H and O–H groups in total. The number of fused-ring (bicyclic) bond motifs is 1. The van der Waals surface area contributed by atoms with E-state index in [1.165, 1.54) is 0 Å². The number of anilines is 1. The zero-order chi connectivity index (χ0) is 17.2. The SMILES string of the molecule is Cc1ccc2cc(NC(=O)c3cnc(C4CCCN4)nc3)ccc2n1. The summed E-state index contributed by atoms with van der Waals surface area (Å²) in [4.78, 5) is 25.6. The molecule has 0 aliphatic carbocycles. The average Bonchev–Trinajstić information content (AvgIpc) is 3.17. The van der Waals surface area contributed by atoms with Crippen LogP contribution in [-0.4, -0.2) is 27.4 Å². The fraction of sp³-hybridized carbons (Fsp3) is 0.263. The second-order valence-electron chi connectivity index (χ2n) is 6.29. The number of rotatable bonds is 3. The Morgan fingerprint density at radius 1 is 1.20 bits per heavy atom. The van der Waals surface area contributed by atoms with Crippen LogP contribution in [-0.2, 0) is 0 Å². The number of hydrogen-bond acceptors (Lipinski definition) is 5. The normalized spacial score (nSPS) is 16.9. The molecule has 0 saturated carbocycles. The van der Waals surface area contributed by atoms with Crippen LogP contribution in [0.25, 0.3) is 10.9 Å². The van der Waals surface area contributed by atoms with Gasteiger partial charge in [0.1, 0.15) is 5.82 Å². The zero-order valence-electron chi connectivity index (χ0n) is 14.0. The molecule has 126 valence electrons. The second-order valence-corrected chi connectivity index (χ2v) is 6.29. The van der Waals surface area contributed by atoms with Crippen molar-refractivity contribution in [3.05, 3.63) is 59.8 Å². The van der Waals surface area contributed by atoms with Crippen LogP contribution in [0.5, 0.6) is 0 Å². The first-order valence-electron chi connectivity index (χ1n) is 8.43. The highest BCUT2D eigenvalue weighted by Crippen LogP contribution is 2.20. The molecule has 1 aliphatic heterocycles. The molecular formula is C19H19N5O. The summed E-state index contributed by atoms with van der Waals surface area (Å²) in [7, 11) is 0. The molecule has 0 bridgehead atoms. The van der Waals surface area contributed by atoms with Gasteiger partial charge in [-0.2, -0.15) is 0 Å². The third kappa shape index (κ3) is 3.34. The Kier molecular flexibility index (Phi) is 4.11. The van der Waals surface area contributed by atoms with Crippen molar-refractivity contribution in [1.82, 2.24) is 20.3 Å². The Hall–Kier alpha value is -2.86. The van der Waals surface area contributed by atoms with Crippen LogP contribution in [0.3, 0.4) is 0 Å². The highest BCUT2D eigenvalue weighted by molar-refractivity contribution is 6.04. The molecule has 0 spiro atoms. The quantitative estimate of drug-likeness (QED) is 0.770. The van der Waals surface area contributed by atoms with Crippen LogP contribution in [0.2, 0.25) is 0 Å². The molecule has 6 nitrogen and oxygen atoms in total. The molecule has 1 saturated heterocycles. The van der Waals surface area contributed by atoms with Crippen LogP contribution in [0.15, 0.2) is 42.7 Å². The molecular weight excluding hydrogens is 314 g/mol. The second kappa shape index (κ2) is 6.57. The first kappa shape index (κ1) is 15.7. The Morgan fingerprint density at radius 3 is 2.80 bits per heavy atom. The largest absolute Gasteiger partial charge is 0.322 e. The smallest absolute Gasteiger partial charge is 0.258 e. The van der Waals surface area contributed by atoms with E-state index in [2.05, 4.69) is 25.6 Å². The molecule has 4 rings (SSSR count). The van der Waals surface area contributed by atoms with E-state index in [1.54, 1.807) is 12.4 Å². The highest BCUT2D eigenvalue weighted by Gasteiger charge is 2.19. The summed E-state index contributed by atoms with van der Waals surface area (Å²) in [6.45, 7) is 2.95. The molecule has 1 atom stereocenters. The predicted octanol–water partition coefficient (Wildman–Crippen LogP) is 3.01. The van der Waals surface area contributed by atoms with Gasteiger partial charge >= 0.3 is 0 Å². The number of aryl methyl sites for hydroxylation is 1. The molecule has 3 aromatic rings. The van der Waals surface area contributed by atoms with Gasteiger partial charge < -0.3 is 10.6 Å². The lowest BCUT2D eigenvalue weighted by molar-refractivity contribution is 0.102. The van der Waals surface area contributed by atoms with Gasteiger partial charge in [-0.25, -0.2) is 9.97 Å². The topological polar surface area (TPSA) is 79.8 Å². The number of amides is 1. The van der Waals surface area contributed by atoms with Crippen LogP contribution in [0, 0.1) is 6.92 Å². The maximum Gasteiger partial charge on any atom is 0.258 e. The monoisotopic (exact) mass is 333 g/mol. The molecule has 1 amide bonds. The highest BCUT2D eigenvalue weighted by atomic mass is 16.1. The van der Waals surface area contributed by atoms with E-state index < -0.39 is 0 Å². The fourth-order valence-electron chi connectivity index (χ4n) is 3.05. The summed E-state index contributed by atoms with van der Waals surface area (Å²) in [5.41, 5.74) is 3.06. The molecule has 1 aromatic carbocycles. The van der Waals surface area contributed by atoms with Crippen LogP contribution in [0.1, 0.15) is 40.8 Å². The molecule has 1 unspecified atom stereocenters. The average molecular weight is 333 g/mol. The molecule has 1 fully saturated rings. The Balaban J connectivity index is 1.50. The summed E-state index contributed by atoms with van der Waals surface area (Å²) >= 11 is 0. The van der Waals surface area contributed by atoms with Crippen molar-refractivity contribution in [2.75, 3.05) is 11.9 Å². The van der Waals surface area contributed by atoms with Crippen molar-refractivity contribution in [2.24, 2.45) is 0 Å². The number of nitrogens with one attached hydrogen (secondary N) is 2. The Morgan fingerprint density at radius 2 is 2.04 bits per heavy atom. The molecule has 25 heavy (non-hydrogen) atoms. The first-order chi connectivity index (χ1) is 12.2. The zero-order valence-corrected chi connectivity index (χ0v) is 14.0. The summed E-state index contributed by atoms with van der Waals surface area (Å²) in [5, 5.41) is 7.23. The van der Waals surface area contributed by atoms with E-state index in [1.807, 2.05) is 37.3 Å². The van der Waals surface area contributed by atoms with Gasteiger partial charge in [0.2, 0.25) is 0 Å². The number of nitrogens with zero attached hydrogens (tertiary/aromatic N) is 3. The maximum absolute atomic E-state index is 12.4. The van der Waals surface area contributed by atoms with Gasteiger partial charge in [-0.3, -0.25) is 9.78 Å². The fourth-order valence-corrected chi connectivity index (χ4v) is 3.05. The Labute approximate surface area is 145 Å². The van der Waals surface area contributed by atoms with Gasteiger partial charge in [0, 0.05) is 29.2 Å². The van der Waals surface area contributed by atoms with Gasteiger partial charge in [-0.05, 0) is 50.6 Å². The summed E-state index contributed by atoms with van der Waals surface area (Å²) < 4.78 is 0.